The van der Waals surface area contributed by atoms with Gasteiger partial charge in [0.15, 0.2) is 0 Å². The Balaban J connectivity index is 3.32. The molecule has 0 spiro atoms. The Morgan fingerprint density at radius 1 is 0.650 bits per heavy atom. The highest BCUT2D eigenvalue weighted by Gasteiger charge is 2.36. The zero-order valence-corrected chi connectivity index (χ0v) is 16.0. The van der Waals surface area contributed by atoms with Crippen LogP contribution in [0, 0.1) is 0 Å². The van der Waals surface area contributed by atoms with Gasteiger partial charge in [0.25, 0.3) is 0 Å². The third kappa shape index (κ3) is 10.1. The summed E-state index contributed by atoms with van der Waals surface area (Å²) in [5.74, 6) is 0. The quantitative estimate of drug-likeness (QED) is 0.331. The zero-order chi connectivity index (χ0) is 15.1. The van der Waals surface area contributed by atoms with E-state index in [0.717, 1.165) is 0 Å². The maximum absolute atomic E-state index is 5.43. The van der Waals surface area contributed by atoms with Crippen LogP contribution in [0.3, 0.4) is 0 Å². The minimum absolute atomic E-state index is 0.678. The van der Waals surface area contributed by atoms with E-state index in [1.54, 1.807) is 21.3 Å². The van der Waals surface area contributed by atoms with Crippen molar-refractivity contribution in [3.05, 3.63) is 0 Å². The Labute approximate surface area is 129 Å². The first-order valence-corrected chi connectivity index (χ1v) is 12.1. The number of rotatable bonds is 15. The second-order valence-electron chi connectivity index (χ2n) is 5.28. The van der Waals surface area contributed by atoms with Crippen LogP contribution in [0.5, 0.6) is 0 Å². The van der Waals surface area contributed by atoms with Gasteiger partial charge in [-0.1, -0.05) is 77.2 Å². The van der Waals surface area contributed by atoms with Gasteiger partial charge < -0.3 is 13.3 Å². The van der Waals surface area contributed by atoms with Gasteiger partial charge in [0.2, 0.25) is 0 Å². The monoisotopic (exact) mass is 318 g/mol. The van der Waals surface area contributed by atoms with Crippen LogP contribution in [0.2, 0.25) is 6.04 Å². The third-order valence-electron chi connectivity index (χ3n) is 3.68. The normalized spacial score (nSPS) is 12.0. The van der Waals surface area contributed by atoms with Gasteiger partial charge in [-0.15, -0.1) is 0 Å². The van der Waals surface area contributed by atoms with Gasteiger partial charge in [-0.3, -0.25) is 0 Å². The van der Waals surface area contributed by atoms with Crippen LogP contribution in [-0.4, -0.2) is 38.7 Å². The van der Waals surface area contributed by atoms with E-state index >= 15 is 0 Å². The Morgan fingerprint density at radius 2 is 1.05 bits per heavy atom. The van der Waals surface area contributed by atoms with E-state index in [1.807, 2.05) is 0 Å². The SMILES string of the molecule is CCCCCCCCCCCC[Si][Si](OC)(OC)OC. The lowest BCUT2D eigenvalue weighted by molar-refractivity contribution is 0.148. The zero-order valence-electron chi connectivity index (χ0n) is 14.0. The van der Waals surface area contributed by atoms with Crippen LogP contribution in [-0.2, 0) is 13.3 Å². The molecule has 0 fully saturated rings. The van der Waals surface area contributed by atoms with Gasteiger partial charge in [0.1, 0.15) is 9.04 Å². The molecule has 0 aromatic carbocycles. The van der Waals surface area contributed by atoms with E-state index in [-0.39, 0.29) is 0 Å². The van der Waals surface area contributed by atoms with Crippen molar-refractivity contribution in [1.82, 2.24) is 0 Å². The number of hydrogen-bond acceptors (Lipinski definition) is 3. The molecular weight excluding hydrogens is 284 g/mol. The summed E-state index contributed by atoms with van der Waals surface area (Å²) in [6.07, 6.45) is 13.8. The predicted molar refractivity (Wildman–Crippen MR) is 89.2 cm³/mol. The lowest BCUT2D eigenvalue weighted by atomic mass is 10.1. The van der Waals surface area contributed by atoms with Crippen molar-refractivity contribution < 1.29 is 13.3 Å². The number of hydrogen-bond donors (Lipinski definition) is 0. The summed E-state index contributed by atoms with van der Waals surface area (Å²) >= 11 is 0. The molecule has 2 radical (unpaired) electrons. The largest absolute Gasteiger partial charge is 0.463 e. The predicted octanol–water partition coefficient (Wildman–Crippen LogP) is 4.40. The van der Waals surface area contributed by atoms with Crippen LogP contribution in [0.1, 0.15) is 71.1 Å². The summed E-state index contributed by atoms with van der Waals surface area (Å²) in [6, 6.07) is 1.18. The molecule has 0 bridgehead atoms. The molecule has 5 heteroatoms. The van der Waals surface area contributed by atoms with E-state index < -0.39 is 8.32 Å². The van der Waals surface area contributed by atoms with Gasteiger partial charge in [0.05, 0.1) is 0 Å². The molecule has 0 aliphatic rings. The summed E-state index contributed by atoms with van der Waals surface area (Å²) in [5.41, 5.74) is 0. The molecule has 120 valence electrons. The van der Waals surface area contributed by atoms with Gasteiger partial charge in [-0.05, 0) is 0 Å². The highest BCUT2D eigenvalue weighted by Crippen LogP contribution is 2.13. The van der Waals surface area contributed by atoms with E-state index in [9.17, 15) is 0 Å². The van der Waals surface area contributed by atoms with Crippen LogP contribution in [0.25, 0.3) is 0 Å². The van der Waals surface area contributed by atoms with Crippen molar-refractivity contribution in [3.63, 3.8) is 0 Å². The molecule has 3 nitrogen and oxygen atoms in total. The Hall–Kier alpha value is 0.314. The van der Waals surface area contributed by atoms with Gasteiger partial charge in [0, 0.05) is 21.3 Å². The molecule has 20 heavy (non-hydrogen) atoms. The van der Waals surface area contributed by atoms with Gasteiger partial charge >= 0.3 is 8.32 Å². The molecule has 0 aliphatic carbocycles. The summed E-state index contributed by atoms with van der Waals surface area (Å²) in [7, 11) is 3.49. The maximum atomic E-state index is 5.43. The second-order valence-corrected chi connectivity index (χ2v) is 11.4. The molecule has 0 N–H and O–H groups in total. The average molecular weight is 319 g/mol. The summed E-state index contributed by atoms with van der Waals surface area (Å²) in [4.78, 5) is 0. The summed E-state index contributed by atoms with van der Waals surface area (Å²) in [6.45, 7) is 2.27. The molecule has 0 atom stereocenters. The highest BCUT2D eigenvalue weighted by molar-refractivity contribution is 7.14. The van der Waals surface area contributed by atoms with E-state index in [2.05, 4.69) is 6.92 Å². The van der Waals surface area contributed by atoms with Gasteiger partial charge in [-0.2, -0.15) is 0 Å². The van der Waals surface area contributed by atoms with Crippen LogP contribution in [0.4, 0.5) is 0 Å². The van der Waals surface area contributed by atoms with Crippen LogP contribution < -0.4 is 0 Å². The van der Waals surface area contributed by atoms with Crippen molar-refractivity contribution in [2.24, 2.45) is 0 Å². The minimum atomic E-state index is -2.28. The molecule has 0 aromatic heterocycles. The van der Waals surface area contributed by atoms with E-state index in [0.29, 0.717) is 9.04 Å². The first-order valence-electron chi connectivity index (χ1n) is 8.15. The first kappa shape index (κ1) is 20.3. The van der Waals surface area contributed by atoms with Crippen molar-refractivity contribution >= 4 is 17.4 Å². The molecule has 0 aromatic rings. The molecule has 0 rings (SSSR count). The summed E-state index contributed by atoms with van der Waals surface area (Å²) < 4.78 is 16.3. The average Bonchev–Trinajstić information content (AvgIpc) is 2.49. The van der Waals surface area contributed by atoms with E-state index in [1.165, 1.54) is 70.3 Å². The Kier molecular flexibility index (Phi) is 14.5. The standard InChI is InChI=1S/C15H34O3Si2/c1-5-6-7-8-9-10-11-12-13-14-15-19-20(16-2,17-3)18-4/h5-15H2,1-4H3. The fourth-order valence-corrected chi connectivity index (χ4v) is 6.73. The molecule has 0 amide bonds. The first-order chi connectivity index (χ1) is 9.74. The van der Waals surface area contributed by atoms with Crippen molar-refractivity contribution in [2.75, 3.05) is 21.3 Å². The smallest absolute Gasteiger partial charge is 0.380 e. The second kappa shape index (κ2) is 14.3. The van der Waals surface area contributed by atoms with Gasteiger partial charge in [-0.25, -0.2) is 0 Å². The molecule has 0 saturated carbocycles. The van der Waals surface area contributed by atoms with Crippen molar-refractivity contribution in [2.45, 2.75) is 77.2 Å². The molecular formula is C15H34O3Si2. The third-order valence-corrected chi connectivity index (χ3v) is 10.2. The Bertz CT molecular complexity index is 191. The van der Waals surface area contributed by atoms with E-state index in [4.69, 9.17) is 13.3 Å². The molecule has 0 aliphatic heterocycles. The van der Waals surface area contributed by atoms with Crippen molar-refractivity contribution in [1.29, 1.82) is 0 Å². The summed E-state index contributed by atoms with van der Waals surface area (Å²) in [5, 5.41) is 0. The molecule has 0 heterocycles. The molecule has 0 unspecified atom stereocenters. The Morgan fingerprint density at radius 3 is 1.45 bits per heavy atom. The van der Waals surface area contributed by atoms with Crippen LogP contribution >= 0.6 is 0 Å². The fraction of sp³-hybridized carbons (Fsp3) is 1.00. The lowest BCUT2D eigenvalue weighted by Gasteiger charge is -2.24. The van der Waals surface area contributed by atoms with Crippen LogP contribution in [0.15, 0.2) is 0 Å². The molecule has 0 saturated heterocycles. The fourth-order valence-electron chi connectivity index (χ4n) is 2.32. The topological polar surface area (TPSA) is 27.7 Å². The highest BCUT2D eigenvalue weighted by atomic mass is 29.2. The lowest BCUT2D eigenvalue weighted by Crippen LogP contribution is -2.49. The van der Waals surface area contributed by atoms with Crippen molar-refractivity contribution in [3.8, 4) is 0 Å². The number of unbranched alkanes of at least 4 members (excludes halogenated alkanes) is 9. The maximum Gasteiger partial charge on any atom is 0.463 e. The minimum Gasteiger partial charge on any atom is -0.380 e.